The summed E-state index contributed by atoms with van der Waals surface area (Å²) >= 11 is 0. The van der Waals surface area contributed by atoms with Crippen LogP contribution in [0.3, 0.4) is 0 Å². The molecule has 1 aliphatic carbocycles. The summed E-state index contributed by atoms with van der Waals surface area (Å²) in [4.78, 5) is 27.3. The van der Waals surface area contributed by atoms with Crippen molar-refractivity contribution >= 4 is 11.9 Å². The number of hydrogen-bond donors (Lipinski definition) is 2. The van der Waals surface area contributed by atoms with Crippen molar-refractivity contribution in [1.29, 1.82) is 0 Å². The molecule has 0 saturated heterocycles. The molecular formula is C19H26N2O3. The van der Waals surface area contributed by atoms with Gasteiger partial charge in [0.25, 0.3) is 5.91 Å². The van der Waals surface area contributed by atoms with Crippen LogP contribution in [0.4, 0.5) is 0 Å². The van der Waals surface area contributed by atoms with Crippen LogP contribution in [0, 0.1) is 23.7 Å². The van der Waals surface area contributed by atoms with E-state index in [9.17, 15) is 9.59 Å². The number of hydrogen-bond acceptors (Lipinski definition) is 3. The molecule has 5 heteroatoms. The van der Waals surface area contributed by atoms with Gasteiger partial charge < -0.3 is 10.4 Å². The van der Waals surface area contributed by atoms with Crippen LogP contribution in [-0.4, -0.2) is 28.5 Å². The highest BCUT2D eigenvalue weighted by Crippen LogP contribution is 2.38. The molecule has 130 valence electrons. The molecule has 3 atom stereocenters. The zero-order valence-corrected chi connectivity index (χ0v) is 14.5. The first kappa shape index (κ1) is 18.2. The molecule has 24 heavy (non-hydrogen) atoms. The first-order chi connectivity index (χ1) is 11.4. The Labute approximate surface area is 143 Å². The molecule has 0 bridgehead atoms. The van der Waals surface area contributed by atoms with Gasteiger partial charge >= 0.3 is 5.97 Å². The number of carboxylic acids is 1. The first-order valence-corrected chi connectivity index (χ1v) is 8.47. The van der Waals surface area contributed by atoms with Gasteiger partial charge in [-0.2, -0.15) is 0 Å². The van der Waals surface area contributed by atoms with Gasteiger partial charge in [-0.3, -0.25) is 14.6 Å². The Bertz CT molecular complexity index is 610. The summed E-state index contributed by atoms with van der Waals surface area (Å²) in [6.07, 6.45) is 4.79. The standard InChI is InChI=1S/C19H26N2O3/c1-12(2)16-9-14(10-18(22)23)13(3)8-15(16)11-21-19(24)17-6-4-5-7-20-17/h4-8,12,14-16H,9-11H2,1-3H3,(H,21,24)(H,22,23)/t14-,15-,16-/m0/s1. The van der Waals surface area contributed by atoms with Gasteiger partial charge in [-0.15, -0.1) is 0 Å². The van der Waals surface area contributed by atoms with Gasteiger partial charge in [0.15, 0.2) is 0 Å². The lowest BCUT2D eigenvalue weighted by molar-refractivity contribution is -0.138. The van der Waals surface area contributed by atoms with Gasteiger partial charge in [0.2, 0.25) is 0 Å². The summed E-state index contributed by atoms with van der Waals surface area (Å²) in [6, 6.07) is 5.27. The molecule has 1 heterocycles. The van der Waals surface area contributed by atoms with Gasteiger partial charge in [0.1, 0.15) is 5.69 Å². The molecular weight excluding hydrogens is 304 g/mol. The molecule has 0 aliphatic heterocycles. The molecule has 0 fully saturated rings. The predicted octanol–water partition coefficient (Wildman–Crippen LogP) is 3.14. The van der Waals surface area contributed by atoms with Crippen LogP contribution in [0.2, 0.25) is 0 Å². The molecule has 0 radical (unpaired) electrons. The van der Waals surface area contributed by atoms with E-state index in [0.29, 0.717) is 24.1 Å². The monoisotopic (exact) mass is 330 g/mol. The van der Waals surface area contributed by atoms with E-state index in [-0.39, 0.29) is 24.2 Å². The number of nitrogens with zero attached hydrogens (tertiary/aromatic N) is 1. The highest BCUT2D eigenvalue weighted by Gasteiger charge is 2.32. The minimum Gasteiger partial charge on any atom is -0.481 e. The zero-order valence-electron chi connectivity index (χ0n) is 14.5. The number of carbonyl (C=O) groups excluding carboxylic acids is 1. The van der Waals surface area contributed by atoms with Crippen molar-refractivity contribution in [2.75, 3.05) is 6.54 Å². The predicted molar refractivity (Wildman–Crippen MR) is 92.5 cm³/mol. The van der Waals surface area contributed by atoms with Crippen molar-refractivity contribution < 1.29 is 14.7 Å². The highest BCUT2D eigenvalue weighted by molar-refractivity contribution is 5.92. The van der Waals surface area contributed by atoms with Crippen molar-refractivity contribution in [1.82, 2.24) is 10.3 Å². The van der Waals surface area contributed by atoms with Crippen LogP contribution in [0.5, 0.6) is 0 Å². The van der Waals surface area contributed by atoms with Crippen molar-refractivity contribution in [2.24, 2.45) is 23.7 Å². The summed E-state index contributed by atoms with van der Waals surface area (Å²) in [5, 5.41) is 12.1. The number of carboxylic acid groups (broad SMARTS) is 1. The number of rotatable bonds is 6. The van der Waals surface area contributed by atoms with Crippen LogP contribution >= 0.6 is 0 Å². The fourth-order valence-corrected chi connectivity index (χ4v) is 3.52. The van der Waals surface area contributed by atoms with E-state index in [1.54, 1.807) is 24.4 Å². The molecule has 2 rings (SSSR count). The van der Waals surface area contributed by atoms with Gasteiger partial charge in [0, 0.05) is 12.7 Å². The van der Waals surface area contributed by atoms with E-state index >= 15 is 0 Å². The lowest BCUT2D eigenvalue weighted by Crippen LogP contribution is -2.37. The van der Waals surface area contributed by atoms with Gasteiger partial charge in [-0.25, -0.2) is 0 Å². The fraction of sp³-hybridized carbons (Fsp3) is 0.526. The van der Waals surface area contributed by atoms with E-state index in [1.807, 2.05) is 6.92 Å². The van der Waals surface area contributed by atoms with E-state index in [1.165, 1.54) is 0 Å². The Morgan fingerprint density at radius 3 is 2.71 bits per heavy atom. The molecule has 1 amide bonds. The number of allylic oxidation sites excluding steroid dienone is 1. The second-order valence-corrected chi connectivity index (χ2v) is 6.94. The van der Waals surface area contributed by atoms with Crippen molar-refractivity contribution in [3.8, 4) is 0 Å². The largest absolute Gasteiger partial charge is 0.481 e. The van der Waals surface area contributed by atoms with Gasteiger partial charge in [-0.1, -0.05) is 31.6 Å². The maximum atomic E-state index is 12.2. The summed E-state index contributed by atoms with van der Waals surface area (Å²) < 4.78 is 0. The molecule has 1 aromatic heterocycles. The zero-order chi connectivity index (χ0) is 17.7. The van der Waals surface area contributed by atoms with Crippen LogP contribution in [0.1, 0.15) is 44.1 Å². The maximum absolute atomic E-state index is 12.2. The summed E-state index contributed by atoms with van der Waals surface area (Å²) in [7, 11) is 0. The topological polar surface area (TPSA) is 79.3 Å². The molecule has 0 spiro atoms. The van der Waals surface area contributed by atoms with E-state index < -0.39 is 5.97 Å². The number of pyridine rings is 1. The maximum Gasteiger partial charge on any atom is 0.303 e. The number of carbonyl (C=O) groups is 2. The number of amides is 1. The fourth-order valence-electron chi connectivity index (χ4n) is 3.52. The Balaban J connectivity index is 2.05. The summed E-state index contributed by atoms with van der Waals surface area (Å²) in [5.74, 6) is 0.193. The SMILES string of the molecule is CC1=C[C@@H](CNC(=O)c2ccccn2)[C@H](C(C)C)C[C@H]1CC(=O)O. The van der Waals surface area contributed by atoms with E-state index in [4.69, 9.17) is 5.11 Å². The Hall–Kier alpha value is -2.17. The molecule has 1 aromatic rings. The number of aliphatic carboxylic acids is 1. The molecule has 0 saturated carbocycles. The average Bonchev–Trinajstić information content (AvgIpc) is 2.54. The Kier molecular flexibility index (Phi) is 6.12. The lowest BCUT2D eigenvalue weighted by atomic mass is 9.70. The van der Waals surface area contributed by atoms with Gasteiger partial charge in [-0.05, 0) is 49.1 Å². The molecule has 0 unspecified atom stereocenters. The Morgan fingerprint density at radius 1 is 1.38 bits per heavy atom. The molecule has 1 aliphatic rings. The van der Waals surface area contributed by atoms with Crippen molar-refractivity contribution in [2.45, 2.75) is 33.6 Å². The van der Waals surface area contributed by atoms with E-state index in [0.717, 1.165) is 12.0 Å². The quantitative estimate of drug-likeness (QED) is 0.785. The third kappa shape index (κ3) is 4.66. The summed E-state index contributed by atoms with van der Waals surface area (Å²) in [6.45, 7) is 6.86. The van der Waals surface area contributed by atoms with Crippen LogP contribution < -0.4 is 5.32 Å². The third-order valence-corrected chi connectivity index (χ3v) is 4.90. The van der Waals surface area contributed by atoms with Gasteiger partial charge in [0.05, 0.1) is 6.42 Å². The van der Waals surface area contributed by atoms with Crippen LogP contribution in [0.25, 0.3) is 0 Å². The second-order valence-electron chi connectivity index (χ2n) is 6.94. The van der Waals surface area contributed by atoms with Crippen molar-refractivity contribution in [3.05, 3.63) is 41.7 Å². The minimum absolute atomic E-state index is 0.0950. The Morgan fingerprint density at radius 2 is 2.12 bits per heavy atom. The third-order valence-electron chi connectivity index (χ3n) is 4.90. The van der Waals surface area contributed by atoms with Crippen molar-refractivity contribution in [3.63, 3.8) is 0 Å². The minimum atomic E-state index is -0.753. The molecule has 2 N–H and O–H groups in total. The molecule has 0 aromatic carbocycles. The van der Waals surface area contributed by atoms with E-state index in [2.05, 4.69) is 30.2 Å². The summed E-state index contributed by atoms with van der Waals surface area (Å²) in [5.41, 5.74) is 1.53. The average molecular weight is 330 g/mol. The smallest absolute Gasteiger partial charge is 0.303 e. The number of nitrogens with one attached hydrogen (secondary N) is 1. The van der Waals surface area contributed by atoms with Crippen LogP contribution in [-0.2, 0) is 4.79 Å². The molecule has 5 nitrogen and oxygen atoms in total. The van der Waals surface area contributed by atoms with Crippen LogP contribution in [0.15, 0.2) is 36.0 Å². The normalized spacial score (nSPS) is 23.7. The lowest BCUT2D eigenvalue weighted by Gasteiger charge is -2.36. The first-order valence-electron chi connectivity index (χ1n) is 8.47. The second kappa shape index (κ2) is 8.08. The highest BCUT2D eigenvalue weighted by atomic mass is 16.4. The number of aromatic nitrogens is 1.